The van der Waals surface area contributed by atoms with Crippen molar-refractivity contribution >= 4 is 5.69 Å². The van der Waals surface area contributed by atoms with Gasteiger partial charge in [0, 0.05) is 39.5 Å². The second kappa shape index (κ2) is 8.02. The van der Waals surface area contributed by atoms with E-state index in [9.17, 15) is 0 Å². The van der Waals surface area contributed by atoms with Crippen molar-refractivity contribution in [3.8, 4) is 0 Å². The fourth-order valence-corrected chi connectivity index (χ4v) is 1.95. The minimum atomic E-state index is 0.250. The molecule has 0 aliphatic rings. The predicted molar refractivity (Wildman–Crippen MR) is 72.7 cm³/mol. The van der Waals surface area contributed by atoms with Crippen molar-refractivity contribution in [2.24, 2.45) is 5.73 Å². The molecular formula is C13H23N3O2. The Morgan fingerprint density at radius 2 is 2.17 bits per heavy atom. The summed E-state index contributed by atoms with van der Waals surface area (Å²) in [5.41, 5.74) is 7.92. The van der Waals surface area contributed by atoms with Crippen molar-refractivity contribution in [1.29, 1.82) is 0 Å². The van der Waals surface area contributed by atoms with Crippen molar-refractivity contribution in [2.45, 2.75) is 19.5 Å². The lowest BCUT2D eigenvalue weighted by Gasteiger charge is -2.32. The van der Waals surface area contributed by atoms with Crippen molar-refractivity contribution in [3.05, 3.63) is 24.0 Å². The third-order valence-corrected chi connectivity index (χ3v) is 2.89. The summed E-state index contributed by atoms with van der Waals surface area (Å²) in [6, 6.07) is 2.20. The molecule has 5 nitrogen and oxygen atoms in total. The van der Waals surface area contributed by atoms with Gasteiger partial charge in [-0.1, -0.05) is 0 Å². The van der Waals surface area contributed by atoms with Crippen molar-refractivity contribution < 1.29 is 9.47 Å². The number of ether oxygens (including phenoxy) is 2. The van der Waals surface area contributed by atoms with Crippen LogP contribution in [-0.2, 0) is 16.0 Å². The van der Waals surface area contributed by atoms with E-state index >= 15 is 0 Å². The van der Waals surface area contributed by atoms with Gasteiger partial charge >= 0.3 is 0 Å². The Bertz CT molecular complexity index is 347. The number of pyridine rings is 1. The number of rotatable bonds is 8. The van der Waals surface area contributed by atoms with Gasteiger partial charge in [-0.2, -0.15) is 0 Å². The minimum Gasteiger partial charge on any atom is -0.383 e. The molecule has 0 spiro atoms. The summed E-state index contributed by atoms with van der Waals surface area (Å²) in [7, 11) is 3.41. The number of hydrogen-bond donors (Lipinski definition) is 1. The first-order valence-electron chi connectivity index (χ1n) is 6.12. The Kier molecular flexibility index (Phi) is 6.64. The van der Waals surface area contributed by atoms with Crippen molar-refractivity contribution in [2.75, 3.05) is 38.9 Å². The average Bonchev–Trinajstić information content (AvgIpc) is 2.40. The van der Waals surface area contributed by atoms with Gasteiger partial charge in [0.25, 0.3) is 0 Å². The molecule has 5 heteroatoms. The van der Waals surface area contributed by atoms with E-state index in [4.69, 9.17) is 15.2 Å². The fourth-order valence-electron chi connectivity index (χ4n) is 1.95. The highest BCUT2D eigenvalue weighted by molar-refractivity contribution is 5.52. The highest BCUT2D eigenvalue weighted by Gasteiger charge is 2.17. The third kappa shape index (κ3) is 3.94. The summed E-state index contributed by atoms with van der Waals surface area (Å²) in [6.45, 7) is 4.72. The number of methoxy groups -OCH3 is 2. The summed E-state index contributed by atoms with van der Waals surface area (Å²) in [4.78, 5) is 6.41. The highest BCUT2D eigenvalue weighted by Crippen LogP contribution is 2.21. The molecule has 0 fully saturated rings. The zero-order valence-corrected chi connectivity index (χ0v) is 11.4. The Morgan fingerprint density at radius 3 is 2.78 bits per heavy atom. The molecule has 0 aromatic carbocycles. The van der Waals surface area contributed by atoms with E-state index in [1.807, 2.05) is 12.3 Å². The molecule has 0 radical (unpaired) electrons. The van der Waals surface area contributed by atoms with Crippen LogP contribution in [-0.4, -0.2) is 45.0 Å². The Labute approximate surface area is 109 Å². The van der Waals surface area contributed by atoms with Gasteiger partial charge in [-0.15, -0.1) is 0 Å². The summed E-state index contributed by atoms with van der Waals surface area (Å²) in [5.74, 6) is 0. The summed E-state index contributed by atoms with van der Waals surface area (Å²) < 4.78 is 10.4. The standard InChI is InChI=1S/C13H23N3O2/c1-11(10-18-3)16(6-7-17-2)13-9-15-5-4-12(13)8-14/h4-5,9,11H,6-8,10,14H2,1-3H3. The maximum absolute atomic E-state index is 5.77. The van der Waals surface area contributed by atoms with Crippen LogP contribution in [0.3, 0.4) is 0 Å². The van der Waals surface area contributed by atoms with Gasteiger partial charge in [0.05, 0.1) is 25.1 Å². The van der Waals surface area contributed by atoms with E-state index in [1.54, 1.807) is 20.4 Å². The van der Waals surface area contributed by atoms with Crippen LogP contribution in [0.2, 0.25) is 0 Å². The topological polar surface area (TPSA) is 60.6 Å². The zero-order chi connectivity index (χ0) is 13.4. The van der Waals surface area contributed by atoms with Gasteiger partial charge < -0.3 is 20.1 Å². The van der Waals surface area contributed by atoms with Gasteiger partial charge in [-0.05, 0) is 18.6 Å². The van der Waals surface area contributed by atoms with Gasteiger partial charge in [-0.25, -0.2) is 0 Å². The van der Waals surface area contributed by atoms with Gasteiger partial charge in [-0.3, -0.25) is 4.98 Å². The summed E-state index contributed by atoms with van der Waals surface area (Å²) in [5, 5.41) is 0. The van der Waals surface area contributed by atoms with E-state index in [1.165, 1.54) is 0 Å². The second-order valence-electron chi connectivity index (χ2n) is 4.20. The van der Waals surface area contributed by atoms with Crippen LogP contribution in [0.5, 0.6) is 0 Å². The SMILES string of the molecule is COCCN(c1cnccc1CN)C(C)COC. The number of hydrogen-bond acceptors (Lipinski definition) is 5. The van der Waals surface area contributed by atoms with Crippen LogP contribution in [0.25, 0.3) is 0 Å². The first-order valence-corrected chi connectivity index (χ1v) is 6.12. The first kappa shape index (κ1) is 14.9. The molecule has 2 N–H and O–H groups in total. The van der Waals surface area contributed by atoms with Crippen molar-refractivity contribution in [3.63, 3.8) is 0 Å². The number of aromatic nitrogens is 1. The molecule has 0 saturated heterocycles. The largest absolute Gasteiger partial charge is 0.383 e. The van der Waals surface area contributed by atoms with Gasteiger partial charge in [0.15, 0.2) is 0 Å². The van der Waals surface area contributed by atoms with E-state index in [-0.39, 0.29) is 6.04 Å². The zero-order valence-electron chi connectivity index (χ0n) is 11.4. The average molecular weight is 253 g/mol. The van der Waals surface area contributed by atoms with E-state index in [0.717, 1.165) is 17.8 Å². The van der Waals surface area contributed by atoms with Gasteiger partial charge in [0.1, 0.15) is 0 Å². The van der Waals surface area contributed by atoms with Crippen LogP contribution >= 0.6 is 0 Å². The van der Waals surface area contributed by atoms with E-state index < -0.39 is 0 Å². The maximum atomic E-state index is 5.77. The Hall–Kier alpha value is -1.17. The molecule has 0 saturated carbocycles. The highest BCUT2D eigenvalue weighted by atomic mass is 16.5. The van der Waals surface area contributed by atoms with Crippen LogP contribution in [0.1, 0.15) is 12.5 Å². The number of nitrogens with two attached hydrogens (primary N) is 1. The molecule has 1 heterocycles. The van der Waals surface area contributed by atoms with Crippen molar-refractivity contribution in [1.82, 2.24) is 4.98 Å². The lowest BCUT2D eigenvalue weighted by molar-refractivity contribution is 0.171. The Balaban J connectivity index is 2.92. The molecule has 1 atom stereocenters. The van der Waals surface area contributed by atoms with Gasteiger partial charge in [0.2, 0.25) is 0 Å². The third-order valence-electron chi connectivity index (χ3n) is 2.89. The van der Waals surface area contributed by atoms with Crippen LogP contribution in [0.15, 0.2) is 18.5 Å². The second-order valence-corrected chi connectivity index (χ2v) is 4.20. The molecule has 0 bridgehead atoms. The smallest absolute Gasteiger partial charge is 0.0663 e. The molecule has 1 aromatic heterocycles. The lowest BCUT2D eigenvalue weighted by Crippen LogP contribution is -2.39. The molecule has 1 rings (SSSR count). The molecule has 1 unspecified atom stereocenters. The number of nitrogens with zero attached hydrogens (tertiary/aromatic N) is 2. The molecule has 102 valence electrons. The molecule has 0 amide bonds. The summed E-state index contributed by atoms with van der Waals surface area (Å²) in [6.07, 6.45) is 3.62. The maximum Gasteiger partial charge on any atom is 0.0663 e. The molecule has 1 aromatic rings. The van der Waals surface area contributed by atoms with Crippen LogP contribution in [0.4, 0.5) is 5.69 Å². The van der Waals surface area contributed by atoms with E-state index in [2.05, 4.69) is 16.8 Å². The Morgan fingerprint density at radius 1 is 1.39 bits per heavy atom. The quantitative estimate of drug-likeness (QED) is 0.749. The van der Waals surface area contributed by atoms with Crippen LogP contribution in [0, 0.1) is 0 Å². The van der Waals surface area contributed by atoms with E-state index in [0.29, 0.717) is 19.8 Å². The minimum absolute atomic E-state index is 0.250. The molecule has 0 aliphatic heterocycles. The van der Waals surface area contributed by atoms with Crippen LogP contribution < -0.4 is 10.6 Å². The summed E-state index contributed by atoms with van der Waals surface area (Å²) >= 11 is 0. The fraction of sp³-hybridized carbons (Fsp3) is 0.615. The normalized spacial score (nSPS) is 12.4. The monoisotopic (exact) mass is 253 g/mol. The molecular weight excluding hydrogens is 230 g/mol. The number of anilines is 1. The lowest BCUT2D eigenvalue weighted by atomic mass is 10.1. The molecule has 0 aliphatic carbocycles. The predicted octanol–water partition coefficient (Wildman–Crippen LogP) is 1.03. The molecule has 18 heavy (non-hydrogen) atoms. The first-order chi connectivity index (χ1) is 8.74.